The van der Waals surface area contributed by atoms with Crippen LogP contribution in [0.25, 0.3) is 0 Å². The lowest BCUT2D eigenvalue weighted by Crippen LogP contribution is -2.03. The Hall–Kier alpha value is -0.350. The minimum Gasteiger partial charge on any atom is -0.748 e. The molecule has 0 heterocycles. The van der Waals surface area contributed by atoms with Crippen molar-refractivity contribution in [1.29, 1.82) is 0 Å². The van der Waals surface area contributed by atoms with Crippen molar-refractivity contribution in [3.63, 3.8) is 0 Å². The van der Waals surface area contributed by atoms with Crippen molar-refractivity contribution in [2.24, 2.45) is 0 Å². The van der Waals surface area contributed by atoms with E-state index >= 15 is 0 Å². The number of halogens is 5. The van der Waals surface area contributed by atoms with Crippen LogP contribution in [0.5, 0.6) is 0 Å². The van der Waals surface area contributed by atoms with E-state index in [2.05, 4.69) is 0 Å². The van der Waals surface area contributed by atoms with Crippen molar-refractivity contribution in [2.75, 3.05) is 5.75 Å². The van der Waals surface area contributed by atoms with Gasteiger partial charge in [-0.2, -0.15) is 0 Å². The SMILES string of the molecule is O=S(=O)([O-])CCCCC/C=C/S(F)(F)(F)(F)F. The Morgan fingerprint density at radius 2 is 1.53 bits per heavy atom. The second-order valence-corrected chi connectivity index (χ2v) is 7.36. The maximum atomic E-state index is 11.7. The van der Waals surface area contributed by atoms with Crippen LogP contribution in [0, 0.1) is 0 Å². The van der Waals surface area contributed by atoms with Crippen LogP contribution in [0.1, 0.15) is 25.7 Å². The molecule has 10 heteroatoms. The average Bonchev–Trinajstić information content (AvgIpc) is 1.95. The monoisotopic (exact) mass is 303 g/mol. The van der Waals surface area contributed by atoms with E-state index in [9.17, 15) is 32.4 Å². The summed E-state index contributed by atoms with van der Waals surface area (Å²) in [6, 6.07) is 0. The molecule has 106 valence electrons. The molecule has 0 unspecified atom stereocenters. The number of hydrogen-bond acceptors (Lipinski definition) is 3. The quantitative estimate of drug-likeness (QED) is 0.407. The first-order valence-corrected chi connectivity index (χ1v) is 8.13. The highest BCUT2D eigenvalue weighted by molar-refractivity contribution is 8.48. The minimum atomic E-state index is -9.47. The first-order valence-electron chi connectivity index (χ1n) is 4.54. The van der Waals surface area contributed by atoms with Crippen LogP contribution in [-0.2, 0) is 10.1 Å². The summed E-state index contributed by atoms with van der Waals surface area (Å²) in [5, 5.41) is -1.02. The van der Waals surface area contributed by atoms with Crippen LogP contribution in [-0.4, -0.2) is 18.7 Å². The number of rotatable bonds is 7. The normalized spacial score (nSPS) is 18.0. The van der Waals surface area contributed by atoms with E-state index < -0.39 is 31.5 Å². The highest BCUT2D eigenvalue weighted by atomic mass is 32.5. The summed E-state index contributed by atoms with van der Waals surface area (Å²) in [5.41, 5.74) is 0. The molecule has 0 rings (SSSR count). The van der Waals surface area contributed by atoms with Gasteiger partial charge in [-0.05, 0) is 19.3 Å². The fraction of sp³-hybridized carbons (Fsp3) is 0.714. The second kappa shape index (κ2) is 4.39. The van der Waals surface area contributed by atoms with E-state index in [0.29, 0.717) is 6.08 Å². The number of allylic oxidation sites excluding steroid dienone is 1. The minimum absolute atomic E-state index is 0.0100. The Morgan fingerprint density at radius 3 is 1.94 bits per heavy atom. The van der Waals surface area contributed by atoms with Gasteiger partial charge in [0.15, 0.2) is 0 Å². The molecule has 0 bridgehead atoms. The molecule has 0 aromatic heterocycles. The average molecular weight is 303 g/mol. The van der Waals surface area contributed by atoms with Gasteiger partial charge in [0.05, 0.1) is 15.5 Å². The maximum absolute atomic E-state index is 11.7. The summed E-state index contributed by atoms with van der Waals surface area (Å²) in [6.07, 6.45) is 0.375. The van der Waals surface area contributed by atoms with Crippen molar-refractivity contribution in [1.82, 2.24) is 0 Å². The van der Waals surface area contributed by atoms with E-state index in [4.69, 9.17) is 0 Å². The van der Waals surface area contributed by atoms with Gasteiger partial charge in [-0.25, -0.2) is 8.42 Å². The zero-order valence-electron chi connectivity index (χ0n) is 8.62. The molecule has 3 nitrogen and oxygen atoms in total. The summed E-state index contributed by atoms with van der Waals surface area (Å²) in [4.78, 5) is 0. The summed E-state index contributed by atoms with van der Waals surface area (Å²) < 4.78 is 89.1. The van der Waals surface area contributed by atoms with Gasteiger partial charge in [0.25, 0.3) is 0 Å². The smallest absolute Gasteiger partial charge is 0.304 e. The number of unbranched alkanes of at least 4 members (excludes halogenated alkanes) is 3. The lowest BCUT2D eigenvalue weighted by molar-refractivity contribution is 0.384. The molecule has 0 saturated heterocycles. The third-order valence-electron chi connectivity index (χ3n) is 1.62. The molecule has 0 N–H and O–H groups in total. The first kappa shape index (κ1) is 16.6. The molecule has 0 atom stereocenters. The Balaban J connectivity index is 3.86. The molecular weight excluding hydrogens is 291 g/mol. The zero-order valence-corrected chi connectivity index (χ0v) is 10.3. The molecule has 0 saturated carbocycles. The summed E-state index contributed by atoms with van der Waals surface area (Å²) in [5.74, 6) is -0.599. The Morgan fingerprint density at radius 1 is 1.00 bits per heavy atom. The standard InChI is InChI=1S/C7H13F5O3S2/c8-17(9,10,11,12)7-5-3-1-2-4-6-16(13,14)15/h5,7H,1-4,6H2,(H,13,14,15)/p-1/b7-5+. The molecule has 0 spiro atoms. The fourth-order valence-electron chi connectivity index (χ4n) is 0.968. The van der Waals surface area contributed by atoms with Crippen LogP contribution >= 0.6 is 10.2 Å². The largest absolute Gasteiger partial charge is 0.748 e. The zero-order chi connectivity index (χ0) is 13.9. The summed E-state index contributed by atoms with van der Waals surface area (Å²) in [7, 11) is -13.8. The Bertz CT molecular complexity index is 382. The van der Waals surface area contributed by atoms with Crippen LogP contribution in [0.2, 0.25) is 0 Å². The molecule has 0 aliphatic rings. The highest BCUT2D eigenvalue weighted by Crippen LogP contribution is 2.98. The van der Waals surface area contributed by atoms with Crippen LogP contribution in [0.4, 0.5) is 19.4 Å². The van der Waals surface area contributed by atoms with Crippen LogP contribution in [0.3, 0.4) is 0 Å². The molecule has 0 aliphatic heterocycles. The fourth-order valence-corrected chi connectivity index (χ4v) is 2.03. The molecule has 0 radical (unpaired) electrons. The second-order valence-electron chi connectivity index (χ2n) is 3.51. The molecular formula is C7H12F5O3S2-. The van der Waals surface area contributed by atoms with Crippen LogP contribution in [0.15, 0.2) is 11.5 Å². The van der Waals surface area contributed by atoms with Gasteiger partial charge in [-0.15, -0.1) is 0 Å². The highest BCUT2D eigenvalue weighted by Gasteiger charge is 2.60. The van der Waals surface area contributed by atoms with Gasteiger partial charge in [0.2, 0.25) is 0 Å². The number of hydrogen-bond donors (Lipinski definition) is 0. The first-order chi connectivity index (χ1) is 7.18. The Kier molecular flexibility index (Phi) is 4.30. The van der Waals surface area contributed by atoms with E-state index in [1.165, 1.54) is 0 Å². The molecule has 0 aromatic rings. The molecule has 0 amide bonds. The van der Waals surface area contributed by atoms with Crippen molar-refractivity contribution < 1.29 is 32.4 Å². The van der Waals surface area contributed by atoms with Gasteiger partial charge < -0.3 is 4.55 Å². The molecule has 0 aromatic carbocycles. The summed E-state index contributed by atoms with van der Waals surface area (Å²) in [6.45, 7) is 0. The van der Waals surface area contributed by atoms with Crippen molar-refractivity contribution >= 4 is 20.3 Å². The predicted molar refractivity (Wildman–Crippen MR) is 55.3 cm³/mol. The topological polar surface area (TPSA) is 57.2 Å². The van der Waals surface area contributed by atoms with Crippen molar-refractivity contribution in [2.45, 2.75) is 25.7 Å². The predicted octanol–water partition coefficient (Wildman–Crippen LogP) is 3.90. The summed E-state index contributed by atoms with van der Waals surface area (Å²) >= 11 is 0. The maximum Gasteiger partial charge on any atom is 0.304 e. The van der Waals surface area contributed by atoms with Crippen LogP contribution < -0.4 is 0 Å². The third-order valence-corrected chi connectivity index (χ3v) is 3.11. The molecule has 0 aliphatic carbocycles. The van der Waals surface area contributed by atoms with E-state index in [1.807, 2.05) is 0 Å². The third kappa shape index (κ3) is 15.6. The van der Waals surface area contributed by atoms with Gasteiger partial charge in [0, 0.05) is 5.75 Å². The van der Waals surface area contributed by atoms with Crippen molar-refractivity contribution in [3.8, 4) is 0 Å². The van der Waals surface area contributed by atoms with Gasteiger partial charge in [0.1, 0.15) is 0 Å². The van der Waals surface area contributed by atoms with Crippen molar-refractivity contribution in [3.05, 3.63) is 11.5 Å². The van der Waals surface area contributed by atoms with Gasteiger partial charge in [-0.1, -0.05) is 31.9 Å². The van der Waals surface area contributed by atoms with Gasteiger partial charge >= 0.3 is 10.2 Å². The molecule has 17 heavy (non-hydrogen) atoms. The van der Waals surface area contributed by atoms with E-state index in [0.717, 1.165) is 0 Å². The molecule has 0 fully saturated rings. The lowest BCUT2D eigenvalue weighted by atomic mass is 10.2. The lowest BCUT2D eigenvalue weighted by Gasteiger charge is -2.36. The Labute approximate surface area is 96.2 Å². The van der Waals surface area contributed by atoms with Gasteiger partial charge in [-0.3, -0.25) is 0 Å². The van der Waals surface area contributed by atoms with E-state index in [-0.39, 0.29) is 25.7 Å². The van der Waals surface area contributed by atoms with E-state index in [1.54, 1.807) is 0 Å².